The molecule has 0 saturated carbocycles. The van der Waals surface area contributed by atoms with Crippen molar-refractivity contribution >= 4 is 28.6 Å². The maximum atomic E-state index is 12.8. The Labute approximate surface area is 173 Å². The van der Waals surface area contributed by atoms with E-state index in [0.29, 0.717) is 23.7 Å². The lowest BCUT2D eigenvalue weighted by molar-refractivity contribution is -0.121. The van der Waals surface area contributed by atoms with E-state index in [1.54, 1.807) is 12.1 Å². The predicted molar refractivity (Wildman–Crippen MR) is 114 cm³/mol. The molecule has 0 radical (unpaired) electrons. The van der Waals surface area contributed by atoms with Crippen LogP contribution >= 0.6 is 0 Å². The quantitative estimate of drug-likeness (QED) is 0.517. The van der Waals surface area contributed by atoms with Gasteiger partial charge in [-0.1, -0.05) is 42.5 Å². The number of amides is 2. The molecular formula is C24H19N3O3. The highest BCUT2D eigenvalue weighted by Crippen LogP contribution is 2.28. The standard InChI is InChI=1S/C24H19N3O3/c28-22-14-20(25-15-16-6-2-1-3-7-16)24(29)27(22)18-12-10-17(11-13-18)23-26-19-8-4-5-9-21(19)30-23/h1-13,20,25H,14-15H2. The van der Waals surface area contributed by atoms with Crippen molar-refractivity contribution < 1.29 is 14.0 Å². The number of hydrogen-bond donors (Lipinski definition) is 1. The van der Waals surface area contributed by atoms with Gasteiger partial charge in [-0.15, -0.1) is 0 Å². The average Bonchev–Trinajstić information content (AvgIpc) is 3.33. The number of hydrogen-bond acceptors (Lipinski definition) is 5. The zero-order valence-corrected chi connectivity index (χ0v) is 16.1. The fraction of sp³-hybridized carbons (Fsp3) is 0.125. The molecule has 0 spiro atoms. The summed E-state index contributed by atoms with van der Waals surface area (Å²) in [5, 5.41) is 3.19. The Balaban J connectivity index is 1.32. The molecule has 2 heterocycles. The van der Waals surface area contributed by atoms with E-state index < -0.39 is 6.04 Å². The SMILES string of the molecule is O=C1CC(NCc2ccccc2)C(=O)N1c1ccc(-c2nc3ccccc3o2)cc1. The smallest absolute Gasteiger partial charge is 0.251 e. The van der Waals surface area contributed by atoms with Gasteiger partial charge in [0.25, 0.3) is 5.91 Å². The number of para-hydroxylation sites is 2. The summed E-state index contributed by atoms with van der Waals surface area (Å²) in [6.07, 6.45) is 0.151. The Morgan fingerprint density at radius 1 is 0.933 bits per heavy atom. The first kappa shape index (κ1) is 18.3. The highest BCUT2D eigenvalue weighted by molar-refractivity contribution is 6.22. The number of rotatable bonds is 5. The van der Waals surface area contributed by atoms with E-state index in [9.17, 15) is 9.59 Å². The van der Waals surface area contributed by atoms with Gasteiger partial charge in [0.2, 0.25) is 11.8 Å². The van der Waals surface area contributed by atoms with E-state index >= 15 is 0 Å². The zero-order valence-electron chi connectivity index (χ0n) is 16.1. The molecule has 30 heavy (non-hydrogen) atoms. The molecule has 5 rings (SSSR count). The lowest BCUT2D eigenvalue weighted by Gasteiger charge is -2.16. The zero-order chi connectivity index (χ0) is 20.5. The van der Waals surface area contributed by atoms with Crippen LogP contribution in [-0.4, -0.2) is 22.8 Å². The monoisotopic (exact) mass is 397 g/mol. The normalized spacial score (nSPS) is 16.5. The van der Waals surface area contributed by atoms with Crippen LogP contribution in [0.5, 0.6) is 0 Å². The number of carbonyl (C=O) groups excluding carboxylic acids is 2. The summed E-state index contributed by atoms with van der Waals surface area (Å²) in [5.41, 5.74) is 3.91. The molecule has 6 nitrogen and oxygen atoms in total. The second-order valence-electron chi connectivity index (χ2n) is 7.22. The number of fused-ring (bicyclic) bond motifs is 1. The molecule has 1 atom stereocenters. The van der Waals surface area contributed by atoms with Crippen LogP contribution in [0.25, 0.3) is 22.6 Å². The number of anilines is 1. The van der Waals surface area contributed by atoms with Crippen molar-refractivity contribution in [3.8, 4) is 11.5 Å². The molecular weight excluding hydrogens is 378 g/mol. The van der Waals surface area contributed by atoms with Crippen molar-refractivity contribution in [1.29, 1.82) is 0 Å². The van der Waals surface area contributed by atoms with Gasteiger partial charge < -0.3 is 9.73 Å². The third kappa shape index (κ3) is 3.38. The summed E-state index contributed by atoms with van der Waals surface area (Å²) in [6.45, 7) is 0.537. The molecule has 1 saturated heterocycles. The van der Waals surface area contributed by atoms with E-state index in [1.165, 1.54) is 4.90 Å². The Morgan fingerprint density at radius 3 is 2.43 bits per heavy atom. The minimum Gasteiger partial charge on any atom is -0.436 e. The lowest BCUT2D eigenvalue weighted by Crippen LogP contribution is -2.38. The lowest BCUT2D eigenvalue weighted by atomic mass is 10.2. The number of imide groups is 1. The molecule has 3 aromatic carbocycles. The van der Waals surface area contributed by atoms with Crippen molar-refractivity contribution in [2.24, 2.45) is 0 Å². The van der Waals surface area contributed by atoms with Gasteiger partial charge in [-0.2, -0.15) is 0 Å². The Bertz CT molecular complexity index is 1180. The molecule has 4 aromatic rings. The number of nitrogens with one attached hydrogen (secondary N) is 1. The average molecular weight is 397 g/mol. The van der Waals surface area contributed by atoms with Crippen molar-refractivity contribution in [3.63, 3.8) is 0 Å². The summed E-state index contributed by atoms with van der Waals surface area (Å²) in [4.78, 5) is 31.1. The largest absolute Gasteiger partial charge is 0.436 e. The van der Waals surface area contributed by atoms with Crippen LogP contribution in [0, 0.1) is 0 Å². The van der Waals surface area contributed by atoms with Gasteiger partial charge in [-0.3, -0.25) is 9.59 Å². The van der Waals surface area contributed by atoms with Crippen molar-refractivity contribution in [2.45, 2.75) is 19.0 Å². The first-order valence-electron chi connectivity index (χ1n) is 9.79. The highest BCUT2D eigenvalue weighted by atomic mass is 16.3. The van der Waals surface area contributed by atoms with Gasteiger partial charge in [0.15, 0.2) is 5.58 Å². The first-order valence-corrected chi connectivity index (χ1v) is 9.79. The molecule has 1 aliphatic rings. The minimum absolute atomic E-state index is 0.151. The van der Waals surface area contributed by atoms with Crippen molar-refractivity contribution in [1.82, 2.24) is 10.3 Å². The summed E-state index contributed by atoms with van der Waals surface area (Å²) in [6, 6.07) is 24.0. The molecule has 6 heteroatoms. The summed E-state index contributed by atoms with van der Waals surface area (Å²) in [5.74, 6) is 0.0648. The molecule has 148 valence electrons. The van der Waals surface area contributed by atoms with E-state index in [-0.39, 0.29) is 18.2 Å². The van der Waals surface area contributed by atoms with Gasteiger partial charge in [-0.05, 0) is 42.0 Å². The Morgan fingerprint density at radius 2 is 1.67 bits per heavy atom. The second-order valence-corrected chi connectivity index (χ2v) is 7.22. The van der Waals surface area contributed by atoms with Gasteiger partial charge in [0.05, 0.1) is 18.2 Å². The number of nitrogens with zero attached hydrogens (tertiary/aromatic N) is 2. The third-order valence-corrected chi connectivity index (χ3v) is 5.21. The maximum Gasteiger partial charge on any atom is 0.251 e. The van der Waals surface area contributed by atoms with Crippen LogP contribution in [0.2, 0.25) is 0 Å². The number of benzene rings is 3. The van der Waals surface area contributed by atoms with Crippen LogP contribution in [0.3, 0.4) is 0 Å². The fourth-order valence-electron chi connectivity index (χ4n) is 3.65. The molecule has 1 N–H and O–H groups in total. The Hall–Kier alpha value is -3.77. The molecule has 0 aliphatic carbocycles. The summed E-state index contributed by atoms with van der Waals surface area (Å²) >= 11 is 0. The minimum atomic E-state index is -0.519. The van der Waals surface area contributed by atoms with Crippen LogP contribution in [0.4, 0.5) is 5.69 Å². The predicted octanol–water partition coefficient (Wildman–Crippen LogP) is 3.92. The molecule has 1 unspecified atom stereocenters. The fourth-order valence-corrected chi connectivity index (χ4v) is 3.65. The first-order chi connectivity index (χ1) is 14.7. The molecule has 1 aromatic heterocycles. The van der Waals surface area contributed by atoms with Crippen LogP contribution in [-0.2, 0) is 16.1 Å². The van der Waals surface area contributed by atoms with E-state index in [4.69, 9.17) is 4.42 Å². The Kier molecular flexibility index (Phi) is 4.61. The molecule has 1 fully saturated rings. The van der Waals surface area contributed by atoms with E-state index in [0.717, 1.165) is 16.6 Å². The van der Waals surface area contributed by atoms with Gasteiger partial charge in [0, 0.05) is 12.1 Å². The van der Waals surface area contributed by atoms with E-state index in [2.05, 4.69) is 10.3 Å². The van der Waals surface area contributed by atoms with Gasteiger partial charge >= 0.3 is 0 Å². The van der Waals surface area contributed by atoms with Crippen molar-refractivity contribution in [3.05, 3.63) is 84.4 Å². The van der Waals surface area contributed by atoms with E-state index in [1.807, 2.05) is 66.7 Å². The second kappa shape index (κ2) is 7.57. The van der Waals surface area contributed by atoms with Crippen molar-refractivity contribution in [2.75, 3.05) is 4.90 Å². The number of oxazole rings is 1. The third-order valence-electron chi connectivity index (χ3n) is 5.21. The van der Waals surface area contributed by atoms with Gasteiger partial charge in [0.1, 0.15) is 5.52 Å². The highest BCUT2D eigenvalue weighted by Gasteiger charge is 2.39. The molecule has 1 aliphatic heterocycles. The molecule has 2 amide bonds. The van der Waals surface area contributed by atoms with Crippen LogP contribution in [0.1, 0.15) is 12.0 Å². The van der Waals surface area contributed by atoms with Crippen LogP contribution < -0.4 is 10.2 Å². The maximum absolute atomic E-state index is 12.8. The summed E-state index contributed by atoms with van der Waals surface area (Å²) in [7, 11) is 0. The summed E-state index contributed by atoms with van der Waals surface area (Å²) < 4.78 is 5.78. The molecule has 0 bridgehead atoms. The number of aromatic nitrogens is 1. The van der Waals surface area contributed by atoms with Crippen LogP contribution in [0.15, 0.2) is 83.3 Å². The topological polar surface area (TPSA) is 75.4 Å². The van der Waals surface area contributed by atoms with Gasteiger partial charge in [-0.25, -0.2) is 9.88 Å². The number of carbonyl (C=O) groups is 2.